The third kappa shape index (κ3) is 3.52. The van der Waals surface area contributed by atoms with Crippen LogP contribution >= 0.6 is 0 Å². The van der Waals surface area contributed by atoms with Crippen LogP contribution < -0.4 is 5.32 Å². The van der Waals surface area contributed by atoms with Crippen LogP contribution in [0, 0.1) is 0 Å². The molecule has 0 saturated carbocycles. The molecular weight excluding hydrogens is 176 g/mol. The first kappa shape index (κ1) is 11.3. The van der Waals surface area contributed by atoms with E-state index in [1.165, 1.54) is 12.1 Å². The van der Waals surface area contributed by atoms with Gasteiger partial charge in [-0.05, 0) is 32.0 Å². The van der Waals surface area contributed by atoms with Gasteiger partial charge >= 0.3 is 0 Å². The SMILES string of the molecule is CCCNCc1cccn1COCC. The van der Waals surface area contributed by atoms with E-state index in [2.05, 4.69) is 35.1 Å². The highest BCUT2D eigenvalue weighted by Gasteiger charge is 1.98. The largest absolute Gasteiger partial charge is 0.361 e. The molecule has 0 spiro atoms. The summed E-state index contributed by atoms with van der Waals surface area (Å²) < 4.78 is 7.49. The fourth-order valence-electron chi connectivity index (χ4n) is 1.32. The minimum absolute atomic E-state index is 0.659. The van der Waals surface area contributed by atoms with Gasteiger partial charge in [-0.3, -0.25) is 0 Å². The second kappa shape index (κ2) is 6.62. The molecule has 0 saturated heterocycles. The quantitative estimate of drug-likeness (QED) is 0.675. The average Bonchev–Trinajstić information content (AvgIpc) is 2.63. The van der Waals surface area contributed by atoms with Gasteiger partial charge in [0.2, 0.25) is 0 Å². The molecule has 0 aliphatic rings. The Morgan fingerprint density at radius 3 is 3.00 bits per heavy atom. The van der Waals surface area contributed by atoms with Gasteiger partial charge in [-0.2, -0.15) is 0 Å². The van der Waals surface area contributed by atoms with Gasteiger partial charge in [0.05, 0.1) is 0 Å². The van der Waals surface area contributed by atoms with E-state index in [0.717, 1.165) is 19.7 Å². The van der Waals surface area contributed by atoms with Crippen molar-refractivity contribution in [2.75, 3.05) is 13.2 Å². The Kier molecular flexibility index (Phi) is 5.33. The number of nitrogens with zero attached hydrogens (tertiary/aromatic N) is 1. The Hall–Kier alpha value is -0.800. The molecule has 0 unspecified atom stereocenters. The summed E-state index contributed by atoms with van der Waals surface area (Å²) in [5.74, 6) is 0. The molecule has 0 radical (unpaired) electrons. The molecule has 0 atom stereocenters. The number of ether oxygens (including phenoxy) is 1. The molecule has 3 nitrogen and oxygen atoms in total. The summed E-state index contributed by atoms with van der Waals surface area (Å²) in [4.78, 5) is 0. The normalized spacial score (nSPS) is 10.7. The molecule has 80 valence electrons. The first-order chi connectivity index (χ1) is 6.88. The third-order valence-electron chi connectivity index (χ3n) is 2.09. The molecule has 1 N–H and O–H groups in total. The fraction of sp³-hybridized carbons (Fsp3) is 0.636. The van der Waals surface area contributed by atoms with Crippen LogP contribution in [0.1, 0.15) is 26.0 Å². The number of hydrogen-bond acceptors (Lipinski definition) is 2. The zero-order valence-corrected chi connectivity index (χ0v) is 9.12. The summed E-state index contributed by atoms with van der Waals surface area (Å²) >= 11 is 0. The molecule has 0 aliphatic heterocycles. The smallest absolute Gasteiger partial charge is 0.122 e. The van der Waals surface area contributed by atoms with Crippen molar-refractivity contribution in [3.05, 3.63) is 24.0 Å². The predicted octanol–water partition coefficient (Wildman–Crippen LogP) is 1.98. The van der Waals surface area contributed by atoms with E-state index >= 15 is 0 Å². The first-order valence-corrected chi connectivity index (χ1v) is 5.31. The van der Waals surface area contributed by atoms with E-state index in [0.29, 0.717) is 6.73 Å². The van der Waals surface area contributed by atoms with Crippen LogP contribution in [-0.2, 0) is 18.0 Å². The molecule has 1 heterocycles. The van der Waals surface area contributed by atoms with Gasteiger partial charge in [0.1, 0.15) is 6.73 Å². The van der Waals surface area contributed by atoms with E-state index in [-0.39, 0.29) is 0 Å². The van der Waals surface area contributed by atoms with Crippen molar-refractivity contribution in [3.8, 4) is 0 Å². The van der Waals surface area contributed by atoms with Crippen molar-refractivity contribution in [2.45, 2.75) is 33.5 Å². The summed E-state index contributed by atoms with van der Waals surface area (Å²) in [6.45, 7) is 7.60. The fourth-order valence-corrected chi connectivity index (χ4v) is 1.32. The van der Waals surface area contributed by atoms with Crippen molar-refractivity contribution in [1.29, 1.82) is 0 Å². The highest BCUT2D eigenvalue weighted by atomic mass is 16.5. The standard InChI is InChI=1S/C11H20N2O/c1-3-7-12-9-11-6-5-8-13(11)10-14-4-2/h5-6,8,12H,3-4,7,9-10H2,1-2H3. The molecule has 0 fully saturated rings. The summed E-state index contributed by atoms with van der Waals surface area (Å²) in [5, 5.41) is 3.38. The van der Waals surface area contributed by atoms with Crippen LogP contribution in [-0.4, -0.2) is 17.7 Å². The van der Waals surface area contributed by atoms with Gasteiger partial charge in [0.25, 0.3) is 0 Å². The van der Waals surface area contributed by atoms with E-state index in [4.69, 9.17) is 4.74 Å². The predicted molar refractivity (Wildman–Crippen MR) is 58.1 cm³/mol. The van der Waals surface area contributed by atoms with Crippen LogP contribution in [0.15, 0.2) is 18.3 Å². The van der Waals surface area contributed by atoms with Crippen molar-refractivity contribution < 1.29 is 4.74 Å². The zero-order chi connectivity index (χ0) is 10.2. The maximum absolute atomic E-state index is 5.36. The Labute approximate surface area is 86.1 Å². The molecule has 0 aliphatic carbocycles. The Bertz CT molecular complexity index is 245. The summed E-state index contributed by atoms with van der Waals surface area (Å²) in [6, 6.07) is 4.18. The van der Waals surface area contributed by atoms with Gasteiger partial charge in [0, 0.05) is 25.0 Å². The molecule has 1 aromatic heterocycles. The van der Waals surface area contributed by atoms with E-state index in [9.17, 15) is 0 Å². The molecule has 14 heavy (non-hydrogen) atoms. The van der Waals surface area contributed by atoms with Crippen molar-refractivity contribution in [2.24, 2.45) is 0 Å². The summed E-state index contributed by atoms with van der Waals surface area (Å²) in [7, 11) is 0. The number of hydrogen-bond donors (Lipinski definition) is 1. The molecule has 3 heteroatoms. The number of nitrogens with one attached hydrogen (secondary N) is 1. The zero-order valence-electron chi connectivity index (χ0n) is 9.12. The van der Waals surface area contributed by atoms with Gasteiger partial charge < -0.3 is 14.6 Å². The second-order valence-corrected chi connectivity index (χ2v) is 3.27. The topological polar surface area (TPSA) is 26.2 Å². The molecule has 1 rings (SSSR count). The second-order valence-electron chi connectivity index (χ2n) is 3.27. The minimum Gasteiger partial charge on any atom is -0.361 e. The van der Waals surface area contributed by atoms with Crippen LogP contribution in [0.3, 0.4) is 0 Å². The maximum Gasteiger partial charge on any atom is 0.122 e. The van der Waals surface area contributed by atoms with Gasteiger partial charge in [-0.15, -0.1) is 0 Å². The Morgan fingerprint density at radius 2 is 2.29 bits per heavy atom. The van der Waals surface area contributed by atoms with Crippen LogP contribution in [0.25, 0.3) is 0 Å². The lowest BCUT2D eigenvalue weighted by Crippen LogP contribution is -2.17. The molecule has 0 bridgehead atoms. The highest BCUT2D eigenvalue weighted by molar-refractivity contribution is 5.06. The van der Waals surface area contributed by atoms with Gasteiger partial charge in [-0.25, -0.2) is 0 Å². The minimum atomic E-state index is 0.659. The molecule has 0 amide bonds. The van der Waals surface area contributed by atoms with Crippen LogP contribution in [0.5, 0.6) is 0 Å². The lowest BCUT2D eigenvalue weighted by Gasteiger charge is -2.09. The monoisotopic (exact) mass is 196 g/mol. The highest BCUT2D eigenvalue weighted by Crippen LogP contribution is 2.02. The van der Waals surface area contributed by atoms with Gasteiger partial charge in [0.15, 0.2) is 0 Å². The van der Waals surface area contributed by atoms with Gasteiger partial charge in [-0.1, -0.05) is 6.92 Å². The number of aromatic nitrogens is 1. The van der Waals surface area contributed by atoms with E-state index < -0.39 is 0 Å². The van der Waals surface area contributed by atoms with Crippen molar-refractivity contribution in [1.82, 2.24) is 9.88 Å². The Morgan fingerprint density at radius 1 is 1.43 bits per heavy atom. The summed E-state index contributed by atoms with van der Waals surface area (Å²) in [6.07, 6.45) is 3.23. The van der Waals surface area contributed by atoms with E-state index in [1.807, 2.05) is 6.92 Å². The Balaban J connectivity index is 2.37. The van der Waals surface area contributed by atoms with Crippen LogP contribution in [0.4, 0.5) is 0 Å². The maximum atomic E-state index is 5.36. The van der Waals surface area contributed by atoms with E-state index in [1.54, 1.807) is 0 Å². The molecule has 1 aromatic rings. The summed E-state index contributed by atoms with van der Waals surface area (Å²) in [5.41, 5.74) is 1.28. The molecular formula is C11H20N2O. The first-order valence-electron chi connectivity index (χ1n) is 5.31. The number of rotatable bonds is 7. The lowest BCUT2D eigenvalue weighted by atomic mass is 10.4. The average molecular weight is 196 g/mol. The molecule has 0 aromatic carbocycles. The third-order valence-corrected chi connectivity index (χ3v) is 2.09. The van der Waals surface area contributed by atoms with Crippen LogP contribution in [0.2, 0.25) is 0 Å². The van der Waals surface area contributed by atoms with Crippen molar-refractivity contribution in [3.63, 3.8) is 0 Å². The lowest BCUT2D eigenvalue weighted by molar-refractivity contribution is 0.0860. The van der Waals surface area contributed by atoms with Crippen molar-refractivity contribution >= 4 is 0 Å².